The van der Waals surface area contributed by atoms with Crippen LogP contribution in [0.2, 0.25) is 0 Å². The minimum absolute atomic E-state index is 0.0288. The van der Waals surface area contributed by atoms with E-state index in [-0.39, 0.29) is 18.0 Å². The lowest BCUT2D eigenvalue weighted by Gasteiger charge is -2.04. The van der Waals surface area contributed by atoms with E-state index in [2.05, 4.69) is 4.99 Å². The summed E-state index contributed by atoms with van der Waals surface area (Å²) < 4.78 is 2.71. The van der Waals surface area contributed by atoms with Crippen molar-refractivity contribution in [1.82, 2.24) is 4.57 Å². The van der Waals surface area contributed by atoms with E-state index in [1.807, 2.05) is 54.0 Å². The Labute approximate surface area is 164 Å². The van der Waals surface area contributed by atoms with Crippen LogP contribution in [-0.2, 0) is 17.8 Å². The second-order valence-corrected chi connectivity index (χ2v) is 7.37. The number of carbonyl (C=O) groups excluding carboxylic acids is 1. The molecule has 0 fully saturated rings. The third-order valence-electron chi connectivity index (χ3n) is 4.63. The van der Waals surface area contributed by atoms with E-state index in [0.717, 1.165) is 26.6 Å². The Balaban J connectivity index is 1.74. The van der Waals surface area contributed by atoms with E-state index < -0.39 is 4.92 Å². The van der Waals surface area contributed by atoms with Crippen molar-refractivity contribution < 1.29 is 9.72 Å². The second kappa shape index (κ2) is 7.36. The molecule has 1 amide bonds. The Morgan fingerprint density at radius 2 is 1.93 bits per heavy atom. The fourth-order valence-corrected chi connectivity index (χ4v) is 4.41. The standard InChI is InChI=1S/C21H17N3O3S/c1-2-23-18-13-16(24(26)27)10-11-19(18)28-21(23)22-20(25)12-15-8-5-7-14-6-3-4-9-17(14)15/h3-11,13H,2,12H2,1H3. The summed E-state index contributed by atoms with van der Waals surface area (Å²) in [5.41, 5.74) is 1.69. The van der Waals surface area contributed by atoms with Gasteiger partial charge in [-0.05, 0) is 29.3 Å². The first-order valence-corrected chi connectivity index (χ1v) is 9.70. The number of benzene rings is 3. The predicted molar refractivity (Wildman–Crippen MR) is 110 cm³/mol. The van der Waals surface area contributed by atoms with E-state index in [1.165, 1.54) is 23.5 Å². The molecule has 7 heteroatoms. The topological polar surface area (TPSA) is 77.5 Å². The fourth-order valence-electron chi connectivity index (χ4n) is 3.32. The minimum atomic E-state index is -0.417. The van der Waals surface area contributed by atoms with Gasteiger partial charge in [0, 0.05) is 18.7 Å². The van der Waals surface area contributed by atoms with E-state index in [1.54, 1.807) is 6.07 Å². The van der Waals surface area contributed by atoms with Crippen molar-refractivity contribution in [3.05, 3.63) is 81.1 Å². The highest BCUT2D eigenvalue weighted by Gasteiger charge is 2.13. The Morgan fingerprint density at radius 1 is 1.14 bits per heavy atom. The SMILES string of the molecule is CCn1c(=NC(=O)Cc2cccc3ccccc23)sc2ccc([N+](=O)[O-])cc21. The highest BCUT2D eigenvalue weighted by Crippen LogP contribution is 2.23. The average molecular weight is 391 g/mol. The Bertz CT molecular complexity index is 1280. The van der Waals surface area contributed by atoms with Gasteiger partial charge in [-0.3, -0.25) is 14.9 Å². The monoisotopic (exact) mass is 391 g/mol. The number of thiazole rings is 1. The van der Waals surface area contributed by atoms with Crippen LogP contribution in [0.4, 0.5) is 5.69 Å². The first-order valence-electron chi connectivity index (χ1n) is 8.89. The number of amides is 1. The number of nitrogens with zero attached hydrogens (tertiary/aromatic N) is 3. The maximum atomic E-state index is 12.7. The lowest BCUT2D eigenvalue weighted by Crippen LogP contribution is -2.16. The van der Waals surface area contributed by atoms with Gasteiger partial charge in [0.25, 0.3) is 11.6 Å². The molecule has 140 valence electrons. The van der Waals surface area contributed by atoms with Gasteiger partial charge in [-0.1, -0.05) is 53.8 Å². The normalized spacial score (nSPS) is 12.0. The molecule has 0 aliphatic rings. The Hall–Kier alpha value is -3.32. The summed E-state index contributed by atoms with van der Waals surface area (Å²) in [7, 11) is 0. The largest absolute Gasteiger partial charge is 0.316 e. The molecule has 6 nitrogen and oxygen atoms in total. The zero-order chi connectivity index (χ0) is 19.7. The van der Waals surface area contributed by atoms with Crippen molar-refractivity contribution in [2.75, 3.05) is 0 Å². The van der Waals surface area contributed by atoms with Crippen LogP contribution in [0, 0.1) is 10.1 Å². The summed E-state index contributed by atoms with van der Waals surface area (Å²) in [6, 6.07) is 18.6. The number of aryl methyl sites for hydroxylation is 1. The molecule has 0 saturated heterocycles. The van der Waals surface area contributed by atoms with Crippen LogP contribution in [-0.4, -0.2) is 15.4 Å². The highest BCUT2D eigenvalue weighted by molar-refractivity contribution is 7.16. The van der Waals surface area contributed by atoms with Gasteiger partial charge in [0.15, 0.2) is 4.80 Å². The quantitative estimate of drug-likeness (QED) is 0.381. The maximum absolute atomic E-state index is 12.7. The molecule has 1 heterocycles. The molecule has 0 aliphatic heterocycles. The molecule has 1 aromatic heterocycles. The van der Waals surface area contributed by atoms with Gasteiger partial charge in [-0.2, -0.15) is 4.99 Å². The van der Waals surface area contributed by atoms with E-state index >= 15 is 0 Å². The van der Waals surface area contributed by atoms with Crippen molar-refractivity contribution in [3.8, 4) is 0 Å². The van der Waals surface area contributed by atoms with Crippen molar-refractivity contribution in [3.63, 3.8) is 0 Å². The van der Waals surface area contributed by atoms with Gasteiger partial charge in [-0.15, -0.1) is 0 Å². The zero-order valence-corrected chi connectivity index (χ0v) is 16.0. The molecule has 4 aromatic rings. The third kappa shape index (κ3) is 3.32. The molecular weight excluding hydrogens is 374 g/mol. The molecule has 0 N–H and O–H groups in total. The molecule has 0 radical (unpaired) electrons. The number of hydrogen-bond donors (Lipinski definition) is 0. The van der Waals surface area contributed by atoms with Crippen molar-refractivity contribution in [2.45, 2.75) is 19.9 Å². The van der Waals surface area contributed by atoms with Gasteiger partial charge in [0.1, 0.15) is 0 Å². The van der Waals surface area contributed by atoms with Gasteiger partial charge in [0.05, 0.1) is 21.6 Å². The summed E-state index contributed by atoms with van der Waals surface area (Å²) in [4.78, 5) is 28.2. The molecule has 0 bridgehead atoms. The van der Waals surface area contributed by atoms with Crippen LogP contribution in [0.25, 0.3) is 21.0 Å². The number of aromatic nitrogens is 1. The molecule has 3 aromatic carbocycles. The van der Waals surface area contributed by atoms with E-state index in [9.17, 15) is 14.9 Å². The lowest BCUT2D eigenvalue weighted by molar-refractivity contribution is -0.384. The number of nitro benzene ring substituents is 1. The van der Waals surface area contributed by atoms with Crippen molar-refractivity contribution >= 4 is 43.9 Å². The molecule has 4 rings (SSSR count). The van der Waals surface area contributed by atoms with Crippen LogP contribution in [0.5, 0.6) is 0 Å². The lowest BCUT2D eigenvalue weighted by atomic mass is 10.0. The van der Waals surface area contributed by atoms with Crippen LogP contribution in [0.1, 0.15) is 12.5 Å². The van der Waals surface area contributed by atoms with E-state index in [0.29, 0.717) is 11.3 Å². The molecule has 0 spiro atoms. The molecule has 0 aliphatic carbocycles. The van der Waals surface area contributed by atoms with Crippen molar-refractivity contribution in [1.29, 1.82) is 0 Å². The summed E-state index contributed by atoms with van der Waals surface area (Å²) >= 11 is 1.36. The zero-order valence-electron chi connectivity index (χ0n) is 15.2. The number of rotatable bonds is 4. The number of nitro groups is 1. The number of hydrogen-bond acceptors (Lipinski definition) is 4. The van der Waals surface area contributed by atoms with Gasteiger partial charge < -0.3 is 4.57 Å². The van der Waals surface area contributed by atoms with Crippen LogP contribution >= 0.6 is 11.3 Å². The van der Waals surface area contributed by atoms with Gasteiger partial charge in [0.2, 0.25) is 0 Å². The number of non-ortho nitro benzene ring substituents is 1. The molecule has 28 heavy (non-hydrogen) atoms. The summed E-state index contributed by atoms with van der Waals surface area (Å²) in [6.45, 7) is 2.50. The molecule has 0 unspecified atom stereocenters. The van der Waals surface area contributed by atoms with Crippen LogP contribution < -0.4 is 4.80 Å². The van der Waals surface area contributed by atoms with Crippen LogP contribution in [0.3, 0.4) is 0 Å². The maximum Gasteiger partial charge on any atom is 0.271 e. The highest BCUT2D eigenvalue weighted by atomic mass is 32.1. The fraction of sp³-hybridized carbons (Fsp3) is 0.143. The minimum Gasteiger partial charge on any atom is -0.316 e. The molecular formula is C21H17N3O3S. The first kappa shape index (κ1) is 18.1. The smallest absolute Gasteiger partial charge is 0.271 e. The predicted octanol–water partition coefficient (Wildman–Crippen LogP) is 4.45. The Morgan fingerprint density at radius 3 is 2.71 bits per heavy atom. The van der Waals surface area contributed by atoms with Crippen molar-refractivity contribution in [2.24, 2.45) is 4.99 Å². The molecule has 0 saturated carbocycles. The van der Waals surface area contributed by atoms with Crippen LogP contribution in [0.15, 0.2) is 65.7 Å². The second-order valence-electron chi connectivity index (χ2n) is 6.36. The summed E-state index contributed by atoms with van der Waals surface area (Å²) in [5.74, 6) is -0.236. The summed E-state index contributed by atoms with van der Waals surface area (Å²) in [5, 5.41) is 13.2. The van der Waals surface area contributed by atoms with Gasteiger partial charge >= 0.3 is 0 Å². The third-order valence-corrected chi connectivity index (χ3v) is 5.69. The number of fused-ring (bicyclic) bond motifs is 2. The average Bonchev–Trinajstić information content (AvgIpc) is 3.04. The molecule has 0 atom stereocenters. The van der Waals surface area contributed by atoms with Gasteiger partial charge in [-0.25, -0.2) is 0 Å². The first-order chi connectivity index (χ1) is 13.6. The number of carbonyl (C=O) groups is 1. The Kier molecular flexibility index (Phi) is 4.75. The van der Waals surface area contributed by atoms with E-state index in [4.69, 9.17) is 0 Å². The summed E-state index contributed by atoms with van der Waals surface area (Å²) in [6.07, 6.45) is 0.208.